The van der Waals surface area contributed by atoms with Crippen molar-refractivity contribution in [2.24, 2.45) is 5.92 Å². The Labute approximate surface area is 151 Å². The summed E-state index contributed by atoms with van der Waals surface area (Å²) in [6, 6.07) is 0. The topological polar surface area (TPSA) is 71.1 Å². The van der Waals surface area contributed by atoms with E-state index < -0.39 is 5.60 Å². The van der Waals surface area contributed by atoms with Gasteiger partial charge >= 0.3 is 6.09 Å². The van der Waals surface area contributed by atoms with E-state index in [9.17, 15) is 9.59 Å². The Bertz CT molecular complexity index is 444. The first kappa shape index (κ1) is 20.0. The summed E-state index contributed by atoms with van der Waals surface area (Å²) in [5.41, 5.74) is -0.508. The first-order valence-corrected chi connectivity index (χ1v) is 9.41. The van der Waals surface area contributed by atoms with E-state index in [-0.39, 0.29) is 17.9 Å². The Kier molecular flexibility index (Phi) is 7.50. The molecule has 1 unspecified atom stereocenters. The highest BCUT2D eigenvalue weighted by atomic mass is 16.6. The van der Waals surface area contributed by atoms with Crippen LogP contribution in [-0.4, -0.2) is 79.9 Å². The van der Waals surface area contributed by atoms with E-state index in [1.807, 2.05) is 20.8 Å². The van der Waals surface area contributed by atoms with Crippen LogP contribution in [0.4, 0.5) is 4.79 Å². The largest absolute Gasteiger partial charge is 0.444 e. The van der Waals surface area contributed by atoms with Gasteiger partial charge in [-0.1, -0.05) is 0 Å². The van der Waals surface area contributed by atoms with Gasteiger partial charge in [0.1, 0.15) is 5.60 Å². The number of rotatable bonds is 5. The van der Waals surface area contributed by atoms with Crippen LogP contribution >= 0.6 is 0 Å². The average Bonchev–Trinajstić information content (AvgIpc) is 2.58. The van der Waals surface area contributed by atoms with Crippen LogP contribution in [0, 0.1) is 5.92 Å². The molecule has 1 N–H and O–H groups in total. The molecule has 7 nitrogen and oxygen atoms in total. The fourth-order valence-corrected chi connectivity index (χ4v) is 3.17. The summed E-state index contributed by atoms with van der Waals surface area (Å²) in [6.07, 6.45) is 2.28. The summed E-state index contributed by atoms with van der Waals surface area (Å²) in [7, 11) is 0. The summed E-state index contributed by atoms with van der Waals surface area (Å²) in [5.74, 6) is -0.0834. The zero-order valence-electron chi connectivity index (χ0n) is 15.9. The molecule has 0 aromatic heterocycles. The van der Waals surface area contributed by atoms with Crippen LogP contribution in [0.2, 0.25) is 0 Å². The van der Waals surface area contributed by atoms with E-state index in [1.165, 1.54) is 0 Å². The lowest BCUT2D eigenvalue weighted by molar-refractivity contribution is -0.126. The highest BCUT2D eigenvalue weighted by Gasteiger charge is 2.30. The molecule has 2 aliphatic heterocycles. The number of piperidine rings is 1. The second-order valence-electron chi connectivity index (χ2n) is 7.86. The van der Waals surface area contributed by atoms with Crippen LogP contribution in [0.1, 0.15) is 40.0 Å². The van der Waals surface area contributed by atoms with Gasteiger partial charge in [0.05, 0.1) is 19.1 Å². The molecular formula is C18H33N3O4. The van der Waals surface area contributed by atoms with Gasteiger partial charge in [0.2, 0.25) is 5.91 Å². The van der Waals surface area contributed by atoms with Gasteiger partial charge in [-0.2, -0.15) is 0 Å². The summed E-state index contributed by atoms with van der Waals surface area (Å²) in [5, 5.41) is 3.02. The minimum absolute atomic E-state index is 0.0511. The average molecular weight is 355 g/mol. The predicted octanol–water partition coefficient (Wildman–Crippen LogP) is 1.47. The van der Waals surface area contributed by atoms with Gasteiger partial charge in [-0.25, -0.2) is 4.79 Å². The number of morpholine rings is 1. The van der Waals surface area contributed by atoms with Gasteiger partial charge in [-0.3, -0.25) is 9.69 Å². The first-order chi connectivity index (χ1) is 11.8. The molecule has 2 aliphatic rings. The lowest BCUT2D eigenvalue weighted by Gasteiger charge is -2.33. The van der Waals surface area contributed by atoms with Gasteiger partial charge in [0, 0.05) is 32.7 Å². The van der Waals surface area contributed by atoms with Crippen molar-refractivity contribution in [1.82, 2.24) is 15.1 Å². The minimum Gasteiger partial charge on any atom is -0.444 e. The highest BCUT2D eigenvalue weighted by molar-refractivity contribution is 5.80. The molecule has 2 heterocycles. The van der Waals surface area contributed by atoms with Crippen LogP contribution in [0.25, 0.3) is 0 Å². The van der Waals surface area contributed by atoms with Crippen molar-refractivity contribution >= 4 is 12.0 Å². The fourth-order valence-electron chi connectivity index (χ4n) is 3.17. The molecule has 0 radical (unpaired) electrons. The zero-order chi connectivity index (χ0) is 18.3. The van der Waals surface area contributed by atoms with Crippen molar-refractivity contribution < 1.29 is 19.1 Å². The maximum atomic E-state index is 12.4. The van der Waals surface area contributed by atoms with Gasteiger partial charge < -0.3 is 19.7 Å². The van der Waals surface area contributed by atoms with Crippen molar-refractivity contribution in [3.8, 4) is 0 Å². The summed E-state index contributed by atoms with van der Waals surface area (Å²) in [6.45, 7) is 11.9. The molecule has 2 fully saturated rings. The van der Waals surface area contributed by atoms with Crippen molar-refractivity contribution in [3.05, 3.63) is 0 Å². The number of ether oxygens (including phenoxy) is 2. The van der Waals surface area contributed by atoms with Crippen LogP contribution in [0.5, 0.6) is 0 Å². The van der Waals surface area contributed by atoms with E-state index in [2.05, 4.69) is 10.2 Å². The van der Waals surface area contributed by atoms with Crippen LogP contribution in [-0.2, 0) is 14.3 Å². The van der Waals surface area contributed by atoms with Crippen molar-refractivity contribution in [2.75, 3.05) is 52.5 Å². The Morgan fingerprint density at radius 2 is 1.92 bits per heavy atom. The van der Waals surface area contributed by atoms with E-state index in [0.29, 0.717) is 19.6 Å². The number of carbonyl (C=O) groups excluding carboxylic acids is 2. The molecule has 2 rings (SSSR count). The minimum atomic E-state index is -0.508. The molecule has 0 bridgehead atoms. The Morgan fingerprint density at radius 3 is 2.60 bits per heavy atom. The predicted molar refractivity (Wildman–Crippen MR) is 95.4 cm³/mol. The van der Waals surface area contributed by atoms with Crippen molar-refractivity contribution in [1.29, 1.82) is 0 Å². The molecule has 2 saturated heterocycles. The second-order valence-corrected chi connectivity index (χ2v) is 7.86. The maximum Gasteiger partial charge on any atom is 0.410 e. The number of nitrogens with zero attached hydrogens (tertiary/aromatic N) is 2. The molecule has 7 heteroatoms. The third-order valence-corrected chi connectivity index (χ3v) is 4.50. The molecule has 144 valence electrons. The smallest absolute Gasteiger partial charge is 0.410 e. The fraction of sp³-hybridized carbons (Fsp3) is 0.889. The summed E-state index contributed by atoms with van der Waals surface area (Å²) >= 11 is 0. The van der Waals surface area contributed by atoms with E-state index >= 15 is 0 Å². The molecule has 0 aromatic rings. The molecule has 0 aliphatic carbocycles. The molecule has 0 aromatic carbocycles. The lowest BCUT2D eigenvalue weighted by Crippen LogP contribution is -2.47. The van der Waals surface area contributed by atoms with Crippen LogP contribution in [0.15, 0.2) is 0 Å². The van der Waals surface area contributed by atoms with Crippen molar-refractivity contribution in [3.63, 3.8) is 0 Å². The number of hydrogen-bond donors (Lipinski definition) is 1. The molecule has 25 heavy (non-hydrogen) atoms. The molecule has 1 atom stereocenters. The number of amides is 2. The molecule has 0 saturated carbocycles. The Hall–Kier alpha value is -1.34. The third-order valence-electron chi connectivity index (χ3n) is 4.50. The quantitative estimate of drug-likeness (QED) is 0.756. The van der Waals surface area contributed by atoms with Gasteiger partial charge in [0.15, 0.2) is 0 Å². The molecular weight excluding hydrogens is 322 g/mol. The van der Waals surface area contributed by atoms with Gasteiger partial charge in [-0.15, -0.1) is 0 Å². The molecule has 2 amide bonds. The SMILES string of the molecule is CC(C)(C)OC(=O)N1CCCC(C(=O)NCCCN2CCOCC2)C1. The zero-order valence-corrected chi connectivity index (χ0v) is 15.9. The summed E-state index contributed by atoms with van der Waals surface area (Å²) < 4.78 is 10.7. The number of likely N-dealkylation sites (tertiary alicyclic amines) is 1. The third kappa shape index (κ3) is 7.20. The Morgan fingerprint density at radius 1 is 1.20 bits per heavy atom. The van der Waals surface area contributed by atoms with Crippen LogP contribution in [0.3, 0.4) is 0 Å². The number of nitrogens with one attached hydrogen (secondary N) is 1. The Balaban J connectivity index is 1.67. The first-order valence-electron chi connectivity index (χ1n) is 9.41. The monoisotopic (exact) mass is 355 g/mol. The second kappa shape index (κ2) is 9.38. The van der Waals surface area contributed by atoms with Gasteiger partial charge in [-0.05, 0) is 46.6 Å². The standard InChI is InChI=1S/C18H33N3O4/c1-18(2,3)25-17(23)21-9-4-6-15(14-21)16(22)19-7-5-8-20-10-12-24-13-11-20/h15H,4-14H2,1-3H3,(H,19,22). The lowest BCUT2D eigenvalue weighted by atomic mass is 9.97. The van der Waals surface area contributed by atoms with Gasteiger partial charge in [0.25, 0.3) is 0 Å². The highest BCUT2D eigenvalue weighted by Crippen LogP contribution is 2.19. The number of hydrogen-bond acceptors (Lipinski definition) is 5. The van der Waals surface area contributed by atoms with E-state index in [1.54, 1.807) is 4.90 Å². The van der Waals surface area contributed by atoms with Crippen molar-refractivity contribution in [2.45, 2.75) is 45.6 Å². The summed E-state index contributed by atoms with van der Waals surface area (Å²) in [4.78, 5) is 28.6. The normalized spacial score (nSPS) is 22.5. The number of carbonyl (C=O) groups is 2. The van der Waals surface area contributed by atoms with E-state index in [0.717, 1.165) is 52.1 Å². The maximum absolute atomic E-state index is 12.4. The van der Waals surface area contributed by atoms with Crippen LogP contribution < -0.4 is 5.32 Å². The van der Waals surface area contributed by atoms with E-state index in [4.69, 9.17) is 9.47 Å². The molecule has 0 spiro atoms.